The monoisotopic (exact) mass is 436 g/mol. The molecule has 1 aliphatic rings. The Morgan fingerprint density at radius 3 is 2.56 bits per heavy atom. The van der Waals surface area contributed by atoms with E-state index in [4.69, 9.17) is 0 Å². The van der Waals surface area contributed by atoms with E-state index in [0.29, 0.717) is 35.5 Å². The molecule has 9 nitrogen and oxygen atoms in total. The number of aromatic amines is 1. The van der Waals surface area contributed by atoms with Crippen molar-refractivity contribution in [1.82, 2.24) is 24.4 Å². The number of H-pyrrole nitrogens is 1. The number of aryl methyl sites for hydroxylation is 1. The number of amides is 1. The highest BCUT2D eigenvalue weighted by Crippen LogP contribution is 2.28. The number of hydrogen-bond donors (Lipinski definition) is 1. The Hall–Kier alpha value is -3.49. The molecule has 4 rings (SSSR count). The molecule has 4 heterocycles. The summed E-state index contributed by atoms with van der Waals surface area (Å²) in [5.74, 6) is 0.683. The van der Waals surface area contributed by atoms with E-state index in [1.165, 1.54) is 10.6 Å². The molecule has 1 aliphatic heterocycles. The van der Waals surface area contributed by atoms with Gasteiger partial charge in [-0.05, 0) is 38.8 Å². The number of hydrogen-bond acceptors (Lipinski definition) is 6. The van der Waals surface area contributed by atoms with Gasteiger partial charge in [-0.2, -0.15) is 0 Å². The van der Waals surface area contributed by atoms with Gasteiger partial charge in [0.2, 0.25) is 11.5 Å². The van der Waals surface area contributed by atoms with E-state index in [0.717, 1.165) is 31.6 Å². The number of likely N-dealkylation sites (tertiary alicyclic amines) is 1. The van der Waals surface area contributed by atoms with Crippen LogP contribution in [0.25, 0.3) is 10.9 Å². The molecule has 0 atom stereocenters. The molecular formula is C23H28N6O3. The van der Waals surface area contributed by atoms with Crippen LogP contribution >= 0.6 is 0 Å². The van der Waals surface area contributed by atoms with Crippen LogP contribution in [0, 0.1) is 0 Å². The van der Waals surface area contributed by atoms with Gasteiger partial charge in [-0.25, -0.2) is 9.97 Å². The van der Waals surface area contributed by atoms with Crippen LogP contribution in [0.4, 0.5) is 5.95 Å². The number of aromatic nitrogens is 4. The second-order valence-corrected chi connectivity index (χ2v) is 8.13. The number of rotatable bonds is 5. The first kappa shape index (κ1) is 21.7. The second-order valence-electron chi connectivity index (χ2n) is 8.13. The predicted octanol–water partition coefficient (Wildman–Crippen LogP) is 1.88. The summed E-state index contributed by atoms with van der Waals surface area (Å²) in [5, 5.41) is 0.479. The Labute approximate surface area is 185 Å². The first-order valence-corrected chi connectivity index (χ1v) is 11.0. The van der Waals surface area contributed by atoms with Crippen molar-refractivity contribution >= 4 is 22.8 Å². The lowest BCUT2D eigenvalue weighted by molar-refractivity contribution is 0.0711. The fraction of sp³-hybridized carbons (Fsp3) is 0.435. The van der Waals surface area contributed by atoms with Crippen LogP contribution in [0.15, 0.2) is 40.2 Å². The number of fused-ring (bicyclic) bond motifs is 1. The van der Waals surface area contributed by atoms with Crippen LogP contribution in [-0.4, -0.2) is 56.5 Å². The molecule has 0 saturated carbocycles. The number of nitrogens with zero attached hydrogens (tertiary/aromatic N) is 5. The number of anilines is 1. The lowest BCUT2D eigenvalue weighted by Gasteiger charge is -2.32. The summed E-state index contributed by atoms with van der Waals surface area (Å²) in [6.07, 6.45) is 4.65. The zero-order valence-corrected chi connectivity index (χ0v) is 18.7. The number of carbonyl (C=O) groups excluding carboxylic acids is 1. The molecule has 0 radical (unpaired) electrons. The van der Waals surface area contributed by atoms with Crippen molar-refractivity contribution in [3.05, 3.63) is 62.6 Å². The minimum atomic E-state index is -0.188. The van der Waals surface area contributed by atoms with Gasteiger partial charge in [0, 0.05) is 63.3 Å². The molecule has 1 amide bonds. The highest BCUT2D eigenvalue weighted by molar-refractivity contribution is 5.94. The minimum absolute atomic E-state index is 0.0809. The molecule has 0 aromatic carbocycles. The van der Waals surface area contributed by atoms with Gasteiger partial charge < -0.3 is 19.4 Å². The highest BCUT2D eigenvalue weighted by Gasteiger charge is 2.26. The Morgan fingerprint density at radius 1 is 1.19 bits per heavy atom. The quantitative estimate of drug-likeness (QED) is 0.655. The van der Waals surface area contributed by atoms with E-state index in [1.54, 1.807) is 30.4 Å². The summed E-state index contributed by atoms with van der Waals surface area (Å²) in [6, 6.07) is 4.93. The Balaban J connectivity index is 1.53. The summed E-state index contributed by atoms with van der Waals surface area (Å²) in [5.41, 5.74) is 1.66. The minimum Gasteiger partial charge on any atom is -0.341 e. The summed E-state index contributed by atoms with van der Waals surface area (Å²) in [6.45, 7) is 6.84. The molecule has 0 spiro atoms. The van der Waals surface area contributed by atoms with Crippen molar-refractivity contribution in [1.29, 1.82) is 0 Å². The molecule has 0 unspecified atom stereocenters. The third kappa shape index (κ3) is 4.15. The van der Waals surface area contributed by atoms with Gasteiger partial charge in [0.05, 0.1) is 16.5 Å². The van der Waals surface area contributed by atoms with E-state index in [9.17, 15) is 14.4 Å². The van der Waals surface area contributed by atoms with Crippen molar-refractivity contribution in [2.75, 3.05) is 31.1 Å². The summed E-state index contributed by atoms with van der Waals surface area (Å²) >= 11 is 0. The number of carbonyl (C=O) groups is 1. The van der Waals surface area contributed by atoms with Crippen molar-refractivity contribution in [3.63, 3.8) is 0 Å². The molecule has 1 N–H and O–H groups in total. The van der Waals surface area contributed by atoms with E-state index >= 15 is 0 Å². The first-order chi connectivity index (χ1) is 15.4. The van der Waals surface area contributed by atoms with Crippen LogP contribution < -0.4 is 16.0 Å². The van der Waals surface area contributed by atoms with Crippen LogP contribution in [0.2, 0.25) is 0 Å². The molecule has 1 saturated heterocycles. The van der Waals surface area contributed by atoms with Crippen LogP contribution in [0.3, 0.4) is 0 Å². The largest absolute Gasteiger partial charge is 0.341 e. The molecule has 9 heteroatoms. The SMILES string of the molecule is CCN(CC)c1ncc2c(=O)[nH]c(C3CCN(C(=O)c4ccc(=O)n(C)c4)CC3)cc2n1. The van der Waals surface area contributed by atoms with Crippen molar-refractivity contribution in [3.8, 4) is 0 Å². The number of pyridine rings is 2. The fourth-order valence-corrected chi connectivity index (χ4v) is 4.23. The first-order valence-electron chi connectivity index (χ1n) is 11.0. The maximum absolute atomic E-state index is 12.8. The molecule has 32 heavy (non-hydrogen) atoms. The topological polar surface area (TPSA) is 104 Å². The number of piperidine rings is 1. The Kier molecular flexibility index (Phi) is 6.07. The normalized spacial score (nSPS) is 14.7. The fourth-order valence-electron chi connectivity index (χ4n) is 4.23. The zero-order chi connectivity index (χ0) is 22.8. The van der Waals surface area contributed by atoms with Crippen molar-refractivity contribution in [2.24, 2.45) is 7.05 Å². The van der Waals surface area contributed by atoms with Crippen LogP contribution in [0.5, 0.6) is 0 Å². The van der Waals surface area contributed by atoms with E-state index in [1.807, 2.05) is 24.8 Å². The third-order valence-corrected chi connectivity index (χ3v) is 6.20. The third-order valence-electron chi connectivity index (χ3n) is 6.20. The number of nitrogens with one attached hydrogen (secondary N) is 1. The van der Waals surface area contributed by atoms with Gasteiger partial charge in [-0.3, -0.25) is 14.4 Å². The lowest BCUT2D eigenvalue weighted by Crippen LogP contribution is -2.38. The maximum atomic E-state index is 12.8. The van der Waals surface area contributed by atoms with Gasteiger partial charge >= 0.3 is 0 Å². The molecule has 1 fully saturated rings. The molecule has 0 bridgehead atoms. The Morgan fingerprint density at radius 2 is 1.91 bits per heavy atom. The van der Waals surface area contributed by atoms with Crippen LogP contribution in [0.1, 0.15) is 48.7 Å². The smallest absolute Gasteiger partial charge is 0.259 e. The lowest BCUT2D eigenvalue weighted by atomic mass is 9.92. The average Bonchev–Trinajstić information content (AvgIpc) is 2.81. The van der Waals surface area contributed by atoms with Gasteiger partial charge in [0.15, 0.2) is 0 Å². The van der Waals surface area contributed by atoms with E-state index < -0.39 is 0 Å². The molecule has 3 aromatic heterocycles. The highest BCUT2D eigenvalue weighted by atomic mass is 16.2. The standard InChI is InChI=1S/C23H28N6O3/c1-4-28(5-2)23-24-13-17-19(26-23)12-18(25-21(17)31)15-8-10-29(11-9-15)22(32)16-6-7-20(30)27(3)14-16/h6-7,12-15H,4-5,8-11H2,1-3H3,(H,25,31). The molecule has 3 aromatic rings. The van der Waals surface area contributed by atoms with Crippen molar-refractivity contribution < 1.29 is 4.79 Å². The van der Waals surface area contributed by atoms with Gasteiger partial charge in [0.25, 0.3) is 11.5 Å². The zero-order valence-electron chi connectivity index (χ0n) is 18.7. The van der Waals surface area contributed by atoms with E-state index in [-0.39, 0.29) is 22.9 Å². The van der Waals surface area contributed by atoms with Gasteiger partial charge in [-0.15, -0.1) is 0 Å². The van der Waals surface area contributed by atoms with E-state index in [2.05, 4.69) is 15.0 Å². The molecule has 0 aliphatic carbocycles. The molecular weight excluding hydrogens is 408 g/mol. The summed E-state index contributed by atoms with van der Waals surface area (Å²) in [4.78, 5) is 52.9. The van der Waals surface area contributed by atoms with Gasteiger partial charge in [-0.1, -0.05) is 0 Å². The average molecular weight is 437 g/mol. The Bertz CT molecular complexity index is 1250. The molecule has 168 valence electrons. The van der Waals surface area contributed by atoms with Gasteiger partial charge in [0.1, 0.15) is 0 Å². The maximum Gasteiger partial charge on any atom is 0.259 e. The summed E-state index contributed by atoms with van der Waals surface area (Å²) < 4.78 is 1.41. The van der Waals surface area contributed by atoms with Crippen molar-refractivity contribution in [2.45, 2.75) is 32.6 Å². The predicted molar refractivity (Wildman–Crippen MR) is 123 cm³/mol. The van der Waals surface area contributed by atoms with Crippen LogP contribution in [-0.2, 0) is 7.05 Å². The second kappa shape index (κ2) is 8.94. The summed E-state index contributed by atoms with van der Waals surface area (Å²) in [7, 11) is 1.64.